The monoisotopic (exact) mass is 246 g/mol. The Bertz CT molecular complexity index is 332. The first-order valence-corrected chi connectivity index (χ1v) is 7.85. The molecule has 0 bridgehead atoms. The largest absolute Gasteiger partial charge is 0.314 e. The summed E-state index contributed by atoms with van der Waals surface area (Å²) in [7, 11) is -3.04. The molecular formula is C11H22N2O2S. The molecule has 0 aromatic heterocycles. The molecule has 2 fully saturated rings. The number of hydrogen-bond acceptors (Lipinski definition) is 3. The Kier molecular flexibility index (Phi) is 3.56. The van der Waals surface area contributed by atoms with E-state index >= 15 is 0 Å². The summed E-state index contributed by atoms with van der Waals surface area (Å²) in [6.45, 7) is 3.57. The van der Waals surface area contributed by atoms with Crippen LogP contribution in [-0.2, 0) is 10.0 Å². The second-order valence-corrected chi connectivity index (χ2v) is 7.46. The minimum atomic E-state index is -3.04. The van der Waals surface area contributed by atoms with E-state index in [0.717, 1.165) is 19.4 Å². The molecule has 2 aliphatic rings. The van der Waals surface area contributed by atoms with E-state index in [2.05, 4.69) is 17.0 Å². The predicted molar refractivity (Wildman–Crippen MR) is 64.8 cm³/mol. The van der Waals surface area contributed by atoms with Crippen LogP contribution in [0.2, 0.25) is 0 Å². The first kappa shape index (κ1) is 12.3. The summed E-state index contributed by atoms with van der Waals surface area (Å²) in [5.74, 6) is 0.253. The fourth-order valence-corrected chi connectivity index (χ4v) is 2.84. The summed E-state index contributed by atoms with van der Waals surface area (Å²) >= 11 is 0. The third kappa shape index (κ3) is 4.39. The van der Waals surface area contributed by atoms with E-state index in [1.54, 1.807) is 0 Å². The van der Waals surface area contributed by atoms with Crippen molar-refractivity contribution in [1.29, 1.82) is 0 Å². The molecule has 0 radical (unpaired) electrons. The first-order chi connectivity index (χ1) is 7.49. The normalized spacial score (nSPS) is 23.3. The number of sulfonamides is 1. The van der Waals surface area contributed by atoms with Crippen LogP contribution in [-0.4, -0.2) is 33.3 Å². The van der Waals surface area contributed by atoms with Crippen molar-refractivity contribution < 1.29 is 8.42 Å². The molecule has 2 N–H and O–H groups in total. The number of hydrogen-bond donors (Lipinski definition) is 2. The van der Waals surface area contributed by atoms with Gasteiger partial charge < -0.3 is 5.32 Å². The van der Waals surface area contributed by atoms with Crippen molar-refractivity contribution in [1.82, 2.24) is 10.0 Å². The molecule has 2 rings (SSSR count). The lowest BCUT2D eigenvalue weighted by Crippen LogP contribution is -2.32. The topological polar surface area (TPSA) is 58.2 Å². The van der Waals surface area contributed by atoms with Crippen molar-refractivity contribution in [2.24, 2.45) is 5.41 Å². The Balaban J connectivity index is 1.57. The van der Waals surface area contributed by atoms with Gasteiger partial charge in [0.05, 0.1) is 5.75 Å². The fraction of sp³-hybridized carbons (Fsp3) is 1.00. The maximum atomic E-state index is 11.6. The van der Waals surface area contributed by atoms with Gasteiger partial charge in [0.25, 0.3) is 0 Å². The molecule has 2 aliphatic carbocycles. The summed E-state index contributed by atoms with van der Waals surface area (Å²) in [5.41, 5.74) is 0.249. The van der Waals surface area contributed by atoms with E-state index in [-0.39, 0.29) is 11.2 Å². The molecule has 0 atom stereocenters. The Morgan fingerprint density at radius 2 is 2.00 bits per heavy atom. The average Bonchev–Trinajstić information content (AvgIpc) is 3.09. The molecule has 4 nitrogen and oxygen atoms in total. The van der Waals surface area contributed by atoms with Crippen molar-refractivity contribution in [2.75, 3.05) is 18.8 Å². The van der Waals surface area contributed by atoms with E-state index in [9.17, 15) is 8.42 Å². The highest BCUT2D eigenvalue weighted by Gasteiger charge is 2.37. The Morgan fingerprint density at radius 1 is 1.31 bits per heavy atom. The van der Waals surface area contributed by atoms with Crippen LogP contribution in [0.1, 0.15) is 39.0 Å². The fourth-order valence-electron chi connectivity index (χ4n) is 1.60. The zero-order chi connectivity index (χ0) is 11.6. The molecule has 0 spiro atoms. The molecule has 0 amide bonds. The van der Waals surface area contributed by atoms with Gasteiger partial charge in [-0.1, -0.05) is 6.92 Å². The van der Waals surface area contributed by atoms with Crippen LogP contribution in [0, 0.1) is 5.41 Å². The van der Waals surface area contributed by atoms with E-state index < -0.39 is 10.0 Å². The minimum Gasteiger partial charge on any atom is -0.314 e. The van der Waals surface area contributed by atoms with Gasteiger partial charge in [-0.25, -0.2) is 13.1 Å². The van der Waals surface area contributed by atoms with Crippen LogP contribution in [0.5, 0.6) is 0 Å². The predicted octanol–water partition coefficient (Wildman–Crippen LogP) is 0.848. The van der Waals surface area contributed by atoms with Crippen LogP contribution < -0.4 is 10.0 Å². The van der Waals surface area contributed by atoms with Crippen LogP contribution >= 0.6 is 0 Å². The molecule has 5 heteroatoms. The molecule has 2 saturated carbocycles. The smallest absolute Gasteiger partial charge is 0.211 e. The molecule has 0 heterocycles. The molecule has 0 saturated heterocycles. The van der Waals surface area contributed by atoms with E-state index in [1.165, 1.54) is 12.8 Å². The maximum Gasteiger partial charge on any atom is 0.211 e. The highest BCUT2D eigenvalue weighted by atomic mass is 32.2. The van der Waals surface area contributed by atoms with Gasteiger partial charge in [0.15, 0.2) is 0 Å². The molecule has 0 aromatic carbocycles. The van der Waals surface area contributed by atoms with E-state index in [0.29, 0.717) is 19.0 Å². The van der Waals surface area contributed by atoms with Gasteiger partial charge in [0.1, 0.15) is 0 Å². The first-order valence-electron chi connectivity index (χ1n) is 6.20. The summed E-state index contributed by atoms with van der Waals surface area (Å²) in [4.78, 5) is 0. The van der Waals surface area contributed by atoms with Crippen LogP contribution in [0.15, 0.2) is 0 Å². The second-order valence-electron chi connectivity index (χ2n) is 5.53. The van der Waals surface area contributed by atoms with Crippen LogP contribution in [0.4, 0.5) is 0 Å². The molecule has 0 aromatic rings. The summed E-state index contributed by atoms with van der Waals surface area (Å²) in [5, 5.41) is 3.32. The van der Waals surface area contributed by atoms with Gasteiger partial charge in [-0.3, -0.25) is 0 Å². The van der Waals surface area contributed by atoms with Crippen molar-refractivity contribution in [3.63, 3.8) is 0 Å². The minimum absolute atomic E-state index is 0.249. The molecular weight excluding hydrogens is 224 g/mol. The Hall–Kier alpha value is -0.130. The Labute approximate surface area is 98.2 Å². The van der Waals surface area contributed by atoms with Crippen LogP contribution in [0.25, 0.3) is 0 Å². The molecule has 0 unspecified atom stereocenters. The summed E-state index contributed by atoms with van der Waals surface area (Å²) in [6, 6.07) is 0.668. The van der Waals surface area contributed by atoms with Crippen molar-refractivity contribution in [3.8, 4) is 0 Å². The SMILES string of the molecule is CC1(CNS(=O)(=O)CCCNC2CC2)CC1. The number of nitrogens with one attached hydrogen (secondary N) is 2. The standard InChI is InChI=1S/C11H22N2O2S/c1-11(5-6-11)9-13-16(14,15)8-2-7-12-10-3-4-10/h10,12-13H,2-9H2,1H3. The quantitative estimate of drug-likeness (QED) is 0.624. The zero-order valence-electron chi connectivity index (χ0n) is 9.96. The summed E-state index contributed by atoms with van der Waals surface area (Å²) in [6.07, 6.45) is 5.52. The van der Waals surface area contributed by atoms with Crippen LogP contribution in [0.3, 0.4) is 0 Å². The van der Waals surface area contributed by atoms with Gasteiger partial charge >= 0.3 is 0 Å². The highest BCUT2D eigenvalue weighted by molar-refractivity contribution is 7.89. The second kappa shape index (κ2) is 4.63. The lowest BCUT2D eigenvalue weighted by atomic mass is 10.2. The lowest BCUT2D eigenvalue weighted by Gasteiger charge is -2.10. The number of rotatable bonds is 8. The summed E-state index contributed by atoms with van der Waals surface area (Å²) < 4.78 is 26.0. The highest BCUT2D eigenvalue weighted by Crippen LogP contribution is 2.44. The van der Waals surface area contributed by atoms with Crippen molar-refractivity contribution in [3.05, 3.63) is 0 Å². The molecule has 16 heavy (non-hydrogen) atoms. The van der Waals surface area contributed by atoms with E-state index in [4.69, 9.17) is 0 Å². The van der Waals surface area contributed by atoms with E-state index in [1.807, 2.05) is 0 Å². The van der Waals surface area contributed by atoms with Gasteiger partial charge in [-0.05, 0) is 44.1 Å². The van der Waals surface area contributed by atoms with Crippen molar-refractivity contribution >= 4 is 10.0 Å². The zero-order valence-corrected chi connectivity index (χ0v) is 10.8. The lowest BCUT2D eigenvalue weighted by molar-refractivity contribution is 0.528. The maximum absolute atomic E-state index is 11.6. The van der Waals surface area contributed by atoms with Gasteiger partial charge in [-0.2, -0.15) is 0 Å². The molecule has 94 valence electrons. The van der Waals surface area contributed by atoms with Gasteiger partial charge in [0, 0.05) is 12.6 Å². The van der Waals surface area contributed by atoms with Gasteiger partial charge in [-0.15, -0.1) is 0 Å². The third-order valence-electron chi connectivity index (χ3n) is 3.42. The Morgan fingerprint density at radius 3 is 2.56 bits per heavy atom. The molecule has 0 aliphatic heterocycles. The van der Waals surface area contributed by atoms with Crippen molar-refractivity contribution in [2.45, 2.75) is 45.1 Å². The third-order valence-corrected chi connectivity index (χ3v) is 4.83. The average molecular weight is 246 g/mol. The van der Waals surface area contributed by atoms with Gasteiger partial charge in [0.2, 0.25) is 10.0 Å².